The largest absolute Gasteiger partial charge is 0.399 e. The molecule has 132 valence electrons. The molecule has 3 rings (SSSR count). The summed E-state index contributed by atoms with van der Waals surface area (Å²) in [6.07, 6.45) is 0.584. The van der Waals surface area contributed by atoms with E-state index < -0.39 is 6.04 Å². The van der Waals surface area contributed by atoms with Crippen LogP contribution < -0.4 is 16.0 Å². The van der Waals surface area contributed by atoms with E-state index in [2.05, 4.69) is 5.32 Å². The van der Waals surface area contributed by atoms with E-state index in [9.17, 15) is 9.59 Å². The summed E-state index contributed by atoms with van der Waals surface area (Å²) in [6.45, 7) is 3.84. The number of hydrogen-bond acceptors (Lipinski definition) is 3. The topological polar surface area (TPSA) is 75.4 Å². The van der Waals surface area contributed by atoms with Gasteiger partial charge in [0, 0.05) is 23.0 Å². The van der Waals surface area contributed by atoms with Crippen molar-refractivity contribution in [2.75, 3.05) is 10.6 Å². The van der Waals surface area contributed by atoms with Gasteiger partial charge in [0.1, 0.15) is 6.04 Å². The Morgan fingerprint density at radius 2 is 1.88 bits per heavy atom. The number of nitrogens with two attached hydrogens (primary N) is 1. The molecule has 2 amide bonds. The highest BCUT2D eigenvalue weighted by Gasteiger charge is 2.38. The average molecular weight is 360 g/mol. The number of nitrogens with one attached hydrogen (secondary N) is 1. The lowest BCUT2D eigenvalue weighted by Gasteiger charge is -2.21. The minimum absolute atomic E-state index is 0. The molecule has 0 aromatic heterocycles. The number of amides is 2. The van der Waals surface area contributed by atoms with E-state index in [1.807, 2.05) is 44.2 Å². The SMILES string of the molecule is Cc1ccc(N)cc1C(=O)NC1CC(C)N(c2ccccc2)C1=O.Cl. The first kappa shape index (κ1) is 18.8. The number of nitrogen functional groups attached to an aromatic ring is 1. The minimum atomic E-state index is -0.520. The van der Waals surface area contributed by atoms with Crippen molar-refractivity contribution in [2.24, 2.45) is 0 Å². The Kier molecular flexibility index (Phi) is 5.69. The zero-order valence-corrected chi connectivity index (χ0v) is 15.0. The number of carbonyl (C=O) groups excluding carboxylic acids is 2. The van der Waals surface area contributed by atoms with Crippen LogP contribution in [0.4, 0.5) is 11.4 Å². The van der Waals surface area contributed by atoms with Gasteiger partial charge in [-0.25, -0.2) is 0 Å². The van der Waals surface area contributed by atoms with Crippen LogP contribution in [0.15, 0.2) is 48.5 Å². The standard InChI is InChI=1S/C19H21N3O2.ClH/c1-12-8-9-14(20)11-16(12)18(23)21-17-10-13(2)22(19(17)24)15-6-4-3-5-7-15;/h3-9,11,13,17H,10,20H2,1-2H3,(H,21,23);1H. The summed E-state index contributed by atoms with van der Waals surface area (Å²) in [5.41, 5.74) is 8.49. The number of rotatable bonds is 3. The van der Waals surface area contributed by atoms with Crippen LogP contribution in [0.25, 0.3) is 0 Å². The molecule has 1 aliphatic rings. The lowest BCUT2D eigenvalue weighted by Crippen LogP contribution is -2.42. The minimum Gasteiger partial charge on any atom is -0.399 e. The molecule has 1 aliphatic heterocycles. The van der Waals surface area contributed by atoms with E-state index in [0.29, 0.717) is 17.7 Å². The maximum absolute atomic E-state index is 12.7. The van der Waals surface area contributed by atoms with Gasteiger partial charge in [0.2, 0.25) is 5.91 Å². The van der Waals surface area contributed by atoms with Gasteiger partial charge in [0.15, 0.2) is 0 Å². The number of hydrogen-bond donors (Lipinski definition) is 2. The van der Waals surface area contributed by atoms with Crippen molar-refractivity contribution in [3.8, 4) is 0 Å². The van der Waals surface area contributed by atoms with Crippen molar-refractivity contribution in [2.45, 2.75) is 32.4 Å². The summed E-state index contributed by atoms with van der Waals surface area (Å²) in [6, 6.07) is 14.2. The first-order chi connectivity index (χ1) is 11.5. The fourth-order valence-corrected chi connectivity index (χ4v) is 3.14. The summed E-state index contributed by atoms with van der Waals surface area (Å²) < 4.78 is 0. The van der Waals surface area contributed by atoms with Crippen LogP contribution in [0.5, 0.6) is 0 Å². The Bertz CT molecular complexity index is 779. The number of halogens is 1. The maximum Gasteiger partial charge on any atom is 0.252 e. The molecular weight excluding hydrogens is 338 g/mol. The molecule has 0 radical (unpaired) electrons. The molecule has 2 aromatic rings. The Morgan fingerprint density at radius 3 is 2.56 bits per heavy atom. The molecule has 6 heteroatoms. The van der Waals surface area contributed by atoms with Crippen molar-refractivity contribution in [1.82, 2.24) is 5.32 Å². The molecule has 0 saturated carbocycles. The fourth-order valence-electron chi connectivity index (χ4n) is 3.14. The number of carbonyl (C=O) groups is 2. The van der Waals surface area contributed by atoms with Crippen molar-refractivity contribution in [1.29, 1.82) is 0 Å². The molecule has 1 fully saturated rings. The second-order valence-electron chi connectivity index (χ2n) is 6.23. The number of aryl methyl sites for hydroxylation is 1. The predicted octanol–water partition coefficient (Wildman–Crippen LogP) is 2.92. The maximum atomic E-state index is 12.7. The van der Waals surface area contributed by atoms with Gasteiger partial charge in [-0.2, -0.15) is 0 Å². The Morgan fingerprint density at radius 1 is 1.20 bits per heavy atom. The van der Waals surface area contributed by atoms with E-state index in [1.165, 1.54) is 0 Å². The number of benzene rings is 2. The highest BCUT2D eigenvalue weighted by atomic mass is 35.5. The second kappa shape index (κ2) is 7.57. The van der Waals surface area contributed by atoms with Gasteiger partial charge in [-0.3, -0.25) is 9.59 Å². The zero-order valence-electron chi connectivity index (χ0n) is 14.2. The van der Waals surface area contributed by atoms with Gasteiger partial charge in [0.25, 0.3) is 5.91 Å². The van der Waals surface area contributed by atoms with Gasteiger partial charge in [-0.15, -0.1) is 12.4 Å². The molecule has 1 saturated heterocycles. The number of anilines is 2. The first-order valence-electron chi connectivity index (χ1n) is 8.02. The number of nitrogens with zero attached hydrogens (tertiary/aromatic N) is 1. The third kappa shape index (κ3) is 3.77. The highest BCUT2D eigenvalue weighted by molar-refractivity contribution is 6.05. The van der Waals surface area contributed by atoms with Crippen molar-refractivity contribution in [3.05, 3.63) is 59.7 Å². The summed E-state index contributed by atoms with van der Waals surface area (Å²) in [4.78, 5) is 27.0. The quantitative estimate of drug-likeness (QED) is 0.827. The van der Waals surface area contributed by atoms with Crippen LogP contribution in [0.3, 0.4) is 0 Å². The Hall–Kier alpha value is -2.53. The van der Waals surface area contributed by atoms with Crippen LogP contribution in [0.2, 0.25) is 0 Å². The number of para-hydroxylation sites is 1. The van der Waals surface area contributed by atoms with Gasteiger partial charge >= 0.3 is 0 Å². The summed E-state index contributed by atoms with van der Waals surface area (Å²) >= 11 is 0. The molecule has 0 bridgehead atoms. The fraction of sp³-hybridized carbons (Fsp3) is 0.263. The molecule has 0 spiro atoms. The van der Waals surface area contributed by atoms with Gasteiger partial charge in [-0.05, 0) is 50.1 Å². The molecule has 2 unspecified atom stereocenters. The lowest BCUT2D eigenvalue weighted by molar-refractivity contribution is -0.118. The predicted molar refractivity (Wildman–Crippen MR) is 102 cm³/mol. The summed E-state index contributed by atoms with van der Waals surface area (Å²) in [5.74, 6) is -0.344. The third-order valence-corrected chi connectivity index (χ3v) is 4.40. The van der Waals surface area contributed by atoms with E-state index in [-0.39, 0.29) is 30.3 Å². The van der Waals surface area contributed by atoms with Crippen molar-refractivity contribution < 1.29 is 9.59 Å². The van der Waals surface area contributed by atoms with Crippen LogP contribution >= 0.6 is 12.4 Å². The molecule has 25 heavy (non-hydrogen) atoms. The normalized spacial score (nSPS) is 19.4. The highest BCUT2D eigenvalue weighted by Crippen LogP contribution is 2.26. The first-order valence-corrected chi connectivity index (χ1v) is 8.02. The molecule has 2 aromatic carbocycles. The summed E-state index contributed by atoms with van der Waals surface area (Å²) in [7, 11) is 0. The van der Waals surface area contributed by atoms with E-state index in [4.69, 9.17) is 5.73 Å². The molecule has 3 N–H and O–H groups in total. The van der Waals surface area contributed by atoms with Crippen LogP contribution in [-0.4, -0.2) is 23.9 Å². The second-order valence-corrected chi connectivity index (χ2v) is 6.23. The van der Waals surface area contributed by atoms with Gasteiger partial charge in [0.05, 0.1) is 0 Å². The monoisotopic (exact) mass is 359 g/mol. The van der Waals surface area contributed by atoms with Crippen molar-refractivity contribution >= 4 is 35.6 Å². The molecule has 2 atom stereocenters. The molecule has 5 nitrogen and oxygen atoms in total. The van der Waals surface area contributed by atoms with Gasteiger partial charge < -0.3 is 16.0 Å². The average Bonchev–Trinajstić information content (AvgIpc) is 2.84. The molecule has 0 aliphatic carbocycles. The van der Waals surface area contributed by atoms with Crippen LogP contribution in [0.1, 0.15) is 29.3 Å². The Balaban J connectivity index is 0.00000225. The summed E-state index contributed by atoms with van der Waals surface area (Å²) in [5, 5.41) is 2.86. The van der Waals surface area contributed by atoms with Crippen molar-refractivity contribution in [3.63, 3.8) is 0 Å². The zero-order chi connectivity index (χ0) is 17.3. The molecule has 1 heterocycles. The van der Waals surface area contributed by atoms with Gasteiger partial charge in [-0.1, -0.05) is 24.3 Å². The van der Waals surface area contributed by atoms with Crippen LogP contribution in [0, 0.1) is 6.92 Å². The van der Waals surface area contributed by atoms with Crippen LogP contribution in [-0.2, 0) is 4.79 Å². The van der Waals surface area contributed by atoms with E-state index in [0.717, 1.165) is 11.3 Å². The molecular formula is C19H22ClN3O2. The third-order valence-electron chi connectivity index (χ3n) is 4.40. The Labute approximate surface area is 153 Å². The smallest absolute Gasteiger partial charge is 0.252 e. The lowest BCUT2D eigenvalue weighted by atomic mass is 10.1. The van der Waals surface area contributed by atoms with E-state index >= 15 is 0 Å². The van der Waals surface area contributed by atoms with E-state index in [1.54, 1.807) is 23.1 Å².